The molecule has 0 aliphatic rings. The van der Waals surface area contributed by atoms with E-state index >= 15 is 0 Å². The average Bonchev–Trinajstić information content (AvgIpc) is 3.15. The monoisotopic (exact) mass is 670 g/mol. The number of nitrogens with zero attached hydrogens (tertiary/aromatic N) is 2. The number of ether oxygens (including phenoxy) is 2. The average molecular weight is 671 g/mol. The minimum absolute atomic E-state index is 0.000593. The van der Waals surface area contributed by atoms with Crippen molar-refractivity contribution in [3.05, 3.63) is 53.0 Å². The standard InChI is InChI=1S/C19H13ClI2N2O5S/c1-27-14-4-3-10(20)7-12(14)17-23-24-19(29-17)30-15(18(25)26)6-9-5-11(21)8-13(22)16(9)28-2/h3-8H,1-2H3,(H,25,26)/b15-6-. The maximum atomic E-state index is 11.8. The van der Waals surface area contributed by atoms with Crippen LogP contribution in [0.2, 0.25) is 5.02 Å². The zero-order valence-electron chi connectivity index (χ0n) is 15.5. The van der Waals surface area contributed by atoms with Crippen LogP contribution in [0.3, 0.4) is 0 Å². The fraction of sp³-hybridized carbons (Fsp3) is 0.105. The lowest BCUT2D eigenvalue weighted by atomic mass is 10.2. The highest BCUT2D eigenvalue weighted by molar-refractivity contribution is 14.1. The van der Waals surface area contributed by atoms with Crippen molar-refractivity contribution >= 4 is 80.6 Å². The van der Waals surface area contributed by atoms with E-state index in [2.05, 4.69) is 55.4 Å². The fourth-order valence-corrected chi connectivity index (χ4v) is 5.43. The van der Waals surface area contributed by atoms with Crippen molar-refractivity contribution in [1.29, 1.82) is 0 Å². The summed E-state index contributed by atoms with van der Waals surface area (Å²) in [5.41, 5.74) is 1.15. The van der Waals surface area contributed by atoms with Gasteiger partial charge in [0.2, 0.25) is 0 Å². The zero-order valence-corrected chi connectivity index (χ0v) is 21.4. The molecule has 2 aromatic carbocycles. The van der Waals surface area contributed by atoms with Crippen LogP contribution in [0, 0.1) is 7.14 Å². The lowest BCUT2D eigenvalue weighted by Crippen LogP contribution is -1.98. The second-order valence-electron chi connectivity index (χ2n) is 5.64. The number of carbonyl (C=O) groups is 1. The minimum atomic E-state index is -1.13. The molecule has 30 heavy (non-hydrogen) atoms. The van der Waals surface area contributed by atoms with Crippen LogP contribution in [0.4, 0.5) is 0 Å². The highest BCUT2D eigenvalue weighted by Gasteiger charge is 2.19. The van der Waals surface area contributed by atoms with Gasteiger partial charge in [-0.15, -0.1) is 10.2 Å². The molecule has 1 heterocycles. The van der Waals surface area contributed by atoms with Gasteiger partial charge in [-0.3, -0.25) is 0 Å². The van der Waals surface area contributed by atoms with Crippen molar-refractivity contribution in [2.45, 2.75) is 5.22 Å². The predicted octanol–water partition coefficient (Wildman–Crippen LogP) is 5.83. The Hall–Kier alpha value is -1.51. The van der Waals surface area contributed by atoms with Gasteiger partial charge in [-0.05, 0) is 93.4 Å². The van der Waals surface area contributed by atoms with Crippen LogP contribution in [-0.2, 0) is 4.79 Å². The number of carboxylic acid groups (broad SMARTS) is 1. The van der Waals surface area contributed by atoms with Gasteiger partial charge < -0.3 is 19.0 Å². The summed E-state index contributed by atoms with van der Waals surface area (Å²) in [5.74, 6) is 0.135. The van der Waals surface area contributed by atoms with Gasteiger partial charge in [0.15, 0.2) is 0 Å². The van der Waals surface area contributed by atoms with E-state index < -0.39 is 5.97 Å². The van der Waals surface area contributed by atoms with E-state index in [9.17, 15) is 9.90 Å². The van der Waals surface area contributed by atoms with Gasteiger partial charge >= 0.3 is 5.97 Å². The van der Waals surface area contributed by atoms with Gasteiger partial charge in [0.05, 0.1) is 23.4 Å². The third kappa shape index (κ3) is 5.39. The zero-order chi connectivity index (χ0) is 21.8. The second kappa shape index (κ2) is 10.2. The summed E-state index contributed by atoms with van der Waals surface area (Å²) in [6.07, 6.45) is 1.51. The van der Waals surface area contributed by atoms with Crippen LogP contribution < -0.4 is 9.47 Å². The first-order valence-corrected chi connectivity index (χ1v) is 11.5. The van der Waals surface area contributed by atoms with Crippen molar-refractivity contribution in [2.75, 3.05) is 14.2 Å². The number of aliphatic carboxylic acids is 1. The highest BCUT2D eigenvalue weighted by Crippen LogP contribution is 2.36. The highest BCUT2D eigenvalue weighted by atomic mass is 127. The number of hydrogen-bond donors (Lipinski definition) is 1. The number of rotatable bonds is 7. The molecule has 0 aliphatic heterocycles. The Kier molecular flexibility index (Phi) is 7.87. The molecule has 0 radical (unpaired) electrons. The van der Waals surface area contributed by atoms with E-state index in [-0.39, 0.29) is 16.0 Å². The van der Waals surface area contributed by atoms with E-state index in [0.29, 0.717) is 27.6 Å². The number of thioether (sulfide) groups is 1. The number of hydrogen-bond acceptors (Lipinski definition) is 7. The molecule has 0 fully saturated rings. The third-order valence-electron chi connectivity index (χ3n) is 3.73. The van der Waals surface area contributed by atoms with Crippen LogP contribution in [0.25, 0.3) is 17.5 Å². The Morgan fingerprint density at radius 1 is 1.20 bits per heavy atom. The molecule has 0 atom stereocenters. The maximum absolute atomic E-state index is 11.8. The molecule has 0 aliphatic carbocycles. The Morgan fingerprint density at radius 3 is 2.63 bits per heavy atom. The van der Waals surface area contributed by atoms with Crippen LogP contribution in [0.15, 0.2) is 44.9 Å². The molecule has 0 amide bonds. The summed E-state index contributed by atoms with van der Waals surface area (Å²) in [4.78, 5) is 11.8. The number of aromatic nitrogens is 2. The summed E-state index contributed by atoms with van der Waals surface area (Å²) in [5, 5.41) is 18.2. The molecule has 0 bridgehead atoms. The van der Waals surface area contributed by atoms with E-state index in [1.165, 1.54) is 20.3 Å². The molecular formula is C19H13ClI2N2O5S. The van der Waals surface area contributed by atoms with Crippen molar-refractivity contribution in [1.82, 2.24) is 10.2 Å². The first kappa shape index (κ1) is 23.2. The molecular weight excluding hydrogens is 658 g/mol. The van der Waals surface area contributed by atoms with Crippen molar-refractivity contribution < 1.29 is 23.8 Å². The molecule has 7 nitrogen and oxygen atoms in total. The van der Waals surface area contributed by atoms with Crippen LogP contribution in [0.5, 0.6) is 11.5 Å². The van der Waals surface area contributed by atoms with E-state index in [1.807, 2.05) is 12.1 Å². The van der Waals surface area contributed by atoms with Gasteiger partial charge in [0.1, 0.15) is 16.4 Å². The molecule has 3 rings (SSSR count). The summed E-state index contributed by atoms with van der Waals surface area (Å²) >= 11 is 11.2. The molecule has 11 heteroatoms. The van der Waals surface area contributed by atoms with E-state index in [4.69, 9.17) is 25.5 Å². The number of benzene rings is 2. The summed E-state index contributed by atoms with van der Waals surface area (Å²) in [6.45, 7) is 0. The smallest absolute Gasteiger partial charge is 0.342 e. The molecule has 156 valence electrons. The molecule has 3 aromatic rings. The lowest BCUT2D eigenvalue weighted by molar-refractivity contribution is -0.131. The Bertz CT molecular complexity index is 1140. The first-order valence-electron chi connectivity index (χ1n) is 8.15. The van der Waals surface area contributed by atoms with Crippen molar-refractivity contribution in [3.63, 3.8) is 0 Å². The molecule has 0 spiro atoms. The normalized spacial score (nSPS) is 11.4. The number of halogens is 3. The maximum Gasteiger partial charge on any atom is 0.342 e. The molecule has 1 N–H and O–H groups in total. The summed E-state index contributed by atoms with van der Waals surface area (Å²) in [6, 6.07) is 8.77. The van der Waals surface area contributed by atoms with E-state index in [0.717, 1.165) is 18.9 Å². The van der Waals surface area contributed by atoms with Gasteiger partial charge in [0, 0.05) is 14.2 Å². The van der Waals surface area contributed by atoms with Crippen LogP contribution in [0.1, 0.15) is 5.56 Å². The van der Waals surface area contributed by atoms with Gasteiger partial charge in [-0.2, -0.15) is 0 Å². The molecule has 0 saturated carbocycles. The largest absolute Gasteiger partial charge is 0.496 e. The summed E-state index contributed by atoms with van der Waals surface area (Å²) in [7, 11) is 3.05. The Morgan fingerprint density at radius 2 is 1.97 bits per heavy atom. The van der Waals surface area contributed by atoms with Gasteiger partial charge in [-0.1, -0.05) is 11.6 Å². The van der Waals surface area contributed by atoms with Crippen LogP contribution >= 0.6 is 68.5 Å². The van der Waals surface area contributed by atoms with Crippen molar-refractivity contribution in [3.8, 4) is 23.0 Å². The summed E-state index contributed by atoms with van der Waals surface area (Å²) < 4.78 is 18.2. The van der Waals surface area contributed by atoms with Gasteiger partial charge in [-0.25, -0.2) is 4.79 Å². The quantitative estimate of drug-likeness (QED) is 0.191. The Balaban J connectivity index is 1.96. The third-order valence-corrected chi connectivity index (χ3v) is 6.25. The van der Waals surface area contributed by atoms with Gasteiger partial charge in [0.25, 0.3) is 11.1 Å². The molecule has 1 aromatic heterocycles. The van der Waals surface area contributed by atoms with Crippen molar-refractivity contribution in [2.24, 2.45) is 0 Å². The first-order chi connectivity index (χ1) is 14.3. The SMILES string of the molecule is COc1ccc(Cl)cc1-c1nnc(S/C(=C\c2cc(I)cc(I)c2OC)C(=O)O)o1. The number of methoxy groups -OCH3 is 2. The fourth-order valence-electron chi connectivity index (χ4n) is 2.48. The van der Waals surface area contributed by atoms with E-state index in [1.54, 1.807) is 18.2 Å². The van der Waals surface area contributed by atoms with Crippen LogP contribution in [-0.4, -0.2) is 35.5 Å². The molecule has 0 saturated heterocycles. The molecule has 0 unspecified atom stereocenters. The minimum Gasteiger partial charge on any atom is -0.496 e. The number of carboxylic acids is 1. The Labute approximate surface area is 208 Å². The predicted molar refractivity (Wildman–Crippen MR) is 131 cm³/mol. The topological polar surface area (TPSA) is 94.7 Å². The lowest BCUT2D eigenvalue weighted by Gasteiger charge is -2.09. The second-order valence-corrected chi connectivity index (χ2v) is 9.48.